The zero-order chi connectivity index (χ0) is 10.8. The van der Waals surface area contributed by atoms with Crippen molar-refractivity contribution >= 4 is 11.8 Å². The number of carbonyl (C=O) groups is 2. The molecule has 4 heteroatoms. The average molecular weight is 226 g/mol. The van der Waals surface area contributed by atoms with Crippen molar-refractivity contribution in [1.29, 1.82) is 0 Å². The number of carboxylic acids is 1. The van der Waals surface area contributed by atoms with Crippen molar-refractivity contribution in [2.24, 2.45) is 5.92 Å². The second-order valence-corrected chi connectivity index (χ2v) is 3.88. The van der Waals surface area contributed by atoms with Crippen LogP contribution < -0.4 is 34.7 Å². The fourth-order valence-electron chi connectivity index (χ4n) is 1.53. The molecule has 0 heterocycles. The summed E-state index contributed by atoms with van der Waals surface area (Å²) in [5.74, 6) is -0.719. The first-order valence-corrected chi connectivity index (χ1v) is 5.00. The third-order valence-corrected chi connectivity index (χ3v) is 2.54. The summed E-state index contributed by atoms with van der Waals surface area (Å²) in [4.78, 5) is 21.9. The first-order valence-electron chi connectivity index (χ1n) is 5.00. The van der Waals surface area contributed by atoms with E-state index in [0.717, 1.165) is 12.8 Å². The Kier molecular flexibility index (Phi) is 4.71. The molecule has 1 aliphatic carbocycles. The first kappa shape index (κ1) is 13.4. The Labute approximate surface area is 116 Å². The molecule has 0 saturated heterocycles. The van der Waals surface area contributed by atoms with Crippen LogP contribution in [-0.4, -0.2) is 11.8 Å². The van der Waals surface area contributed by atoms with E-state index in [4.69, 9.17) is 0 Å². The van der Waals surface area contributed by atoms with Gasteiger partial charge in [0.1, 0.15) is 0 Å². The number of hydrogen-bond donors (Lipinski definition) is 0. The van der Waals surface area contributed by atoms with Gasteiger partial charge in [0, 0.05) is 23.9 Å². The predicted molar refractivity (Wildman–Crippen MR) is 52.2 cm³/mol. The molecule has 16 heavy (non-hydrogen) atoms. The molecule has 1 fully saturated rings. The van der Waals surface area contributed by atoms with E-state index in [1.165, 1.54) is 0 Å². The summed E-state index contributed by atoms with van der Waals surface area (Å²) < 4.78 is 0. The van der Waals surface area contributed by atoms with Gasteiger partial charge in [0.2, 0.25) is 0 Å². The third kappa shape index (κ3) is 3.44. The summed E-state index contributed by atoms with van der Waals surface area (Å²) in [7, 11) is 0. The van der Waals surface area contributed by atoms with Crippen LogP contribution in [0, 0.1) is 5.92 Å². The summed E-state index contributed by atoms with van der Waals surface area (Å²) in [6, 6.07) is 6.73. The minimum atomic E-state index is -1.10. The van der Waals surface area contributed by atoms with Gasteiger partial charge in [0.15, 0.2) is 5.78 Å². The van der Waals surface area contributed by atoms with E-state index in [9.17, 15) is 14.7 Å². The molecule has 1 aromatic carbocycles. The molecule has 1 aromatic rings. The van der Waals surface area contributed by atoms with Gasteiger partial charge in [-0.25, -0.2) is 0 Å². The van der Waals surface area contributed by atoms with Crippen molar-refractivity contribution in [3.63, 3.8) is 0 Å². The summed E-state index contributed by atoms with van der Waals surface area (Å²) in [5.41, 5.74) is 1.35. The number of Topliss-reactive ketones (excluding diaryl/α,β-unsaturated/α-hetero) is 1. The topological polar surface area (TPSA) is 57.2 Å². The second-order valence-electron chi connectivity index (χ2n) is 3.88. The average Bonchev–Trinajstić information content (AvgIpc) is 3.00. The molecule has 0 aliphatic heterocycles. The number of hydrogen-bond acceptors (Lipinski definition) is 3. The maximum Gasteiger partial charge on any atom is 1.00 e. The van der Waals surface area contributed by atoms with Crippen LogP contribution in [0.4, 0.5) is 0 Å². The maximum absolute atomic E-state index is 11.6. The van der Waals surface area contributed by atoms with Crippen LogP contribution in [0.25, 0.3) is 0 Å². The zero-order valence-electron chi connectivity index (χ0n) is 9.23. The van der Waals surface area contributed by atoms with E-state index in [0.29, 0.717) is 11.1 Å². The van der Waals surface area contributed by atoms with E-state index >= 15 is 0 Å². The van der Waals surface area contributed by atoms with Crippen molar-refractivity contribution in [3.8, 4) is 0 Å². The largest absolute Gasteiger partial charge is 1.00 e. The summed E-state index contributed by atoms with van der Waals surface area (Å²) >= 11 is 0. The van der Waals surface area contributed by atoms with E-state index in [1.54, 1.807) is 24.3 Å². The van der Waals surface area contributed by atoms with Gasteiger partial charge in [-0.05, 0) is 18.4 Å². The molecule has 2 rings (SSSR count). The summed E-state index contributed by atoms with van der Waals surface area (Å²) in [6.45, 7) is 0. The van der Waals surface area contributed by atoms with Gasteiger partial charge in [-0.3, -0.25) is 4.79 Å². The molecule has 0 atom stereocenters. The van der Waals surface area contributed by atoms with Gasteiger partial charge in [-0.15, -0.1) is 0 Å². The fourth-order valence-corrected chi connectivity index (χ4v) is 1.53. The second kappa shape index (κ2) is 5.62. The minimum absolute atomic E-state index is 0. The van der Waals surface area contributed by atoms with Crippen LogP contribution >= 0.6 is 0 Å². The van der Waals surface area contributed by atoms with Gasteiger partial charge in [0.05, 0.1) is 0 Å². The molecule has 3 nitrogen and oxygen atoms in total. The first-order chi connectivity index (χ1) is 7.16. The van der Waals surface area contributed by atoms with Crippen molar-refractivity contribution in [1.82, 2.24) is 0 Å². The molecule has 78 valence electrons. The van der Waals surface area contributed by atoms with Gasteiger partial charge in [-0.2, -0.15) is 0 Å². The number of benzene rings is 1. The summed E-state index contributed by atoms with van der Waals surface area (Å²) in [5, 5.41) is 10.3. The Morgan fingerprint density at radius 2 is 1.75 bits per heavy atom. The van der Waals surface area contributed by atoms with Crippen LogP contribution in [0.15, 0.2) is 24.3 Å². The van der Waals surface area contributed by atoms with Gasteiger partial charge in [0.25, 0.3) is 0 Å². The number of rotatable bonds is 4. The van der Waals surface area contributed by atoms with E-state index in [-0.39, 0.29) is 47.7 Å². The van der Waals surface area contributed by atoms with Gasteiger partial charge >= 0.3 is 29.6 Å². The van der Waals surface area contributed by atoms with Crippen LogP contribution in [0.1, 0.15) is 28.8 Å². The Hall–Kier alpha value is -0.640. The molecule has 0 amide bonds. The van der Waals surface area contributed by atoms with Crippen LogP contribution in [0.5, 0.6) is 0 Å². The van der Waals surface area contributed by atoms with Gasteiger partial charge < -0.3 is 9.90 Å². The molecular formula is C12H11NaO3. The van der Waals surface area contributed by atoms with Crippen LogP contribution in [-0.2, 0) is 11.2 Å². The Bertz CT molecular complexity index is 393. The molecule has 0 spiro atoms. The molecule has 0 unspecified atom stereocenters. The maximum atomic E-state index is 11.6. The molecule has 0 N–H and O–H groups in total. The Morgan fingerprint density at radius 1 is 1.19 bits per heavy atom. The minimum Gasteiger partial charge on any atom is -0.550 e. The van der Waals surface area contributed by atoms with Crippen molar-refractivity contribution < 1.29 is 44.3 Å². The standard InChI is InChI=1S/C12H12O3.Na/c13-11(14)7-8-1-3-9(4-2-8)12(15)10-5-6-10;/h1-4,10H,5-7H2,(H,13,14);/q;+1/p-1. The molecule has 0 bridgehead atoms. The zero-order valence-corrected chi connectivity index (χ0v) is 11.2. The smallest absolute Gasteiger partial charge is 0.550 e. The summed E-state index contributed by atoms with van der Waals surface area (Å²) in [6.07, 6.45) is 1.87. The van der Waals surface area contributed by atoms with Crippen LogP contribution in [0.3, 0.4) is 0 Å². The number of carboxylic acid groups (broad SMARTS) is 1. The Balaban J connectivity index is 0.00000128. The molecule has 1 saturated carbocycles. The number of ketones is 1. The quantitative estimate of drug-likeness (QED) is 0.424. The molecular weight excluding hydrogens is 215 g/mol. The van der Waals surface area contributed by atoms with E-state index in [1.807, 2.05) is 0 Å². The van der Waals surface area contributed by atoms with Crippen molar-refractivity contribution in [2.45, 2.75) is 19.3 Å². The predicted octanol–water partition coefficient (Wildman–Crippen LogP) is -2.42. The van der Waals surface area contributed by atoms with E-state index in [2.05, 4.69) is 0 Å². The normalized spacial score (nSPS) is 14.0. The van der Waals surface area contributed by atoms with E-state index < -0.39 is 5.97 Å². The molecule has 1 aliphatic rings. The SMILES string of the molecule is O=C([O-])Cc1ccc(C(=O)C2CC2)cc1.[Na+]. The fraction of sp³-hybridized carbons (Fsp3) is 0.333. The molecule has 0 radical (unpaired) electrons. The van der Waals surface area contributed by atoms with Gasteiger partial charge in [-0.1, -0.05) is 24.3 Å². The monoisotopic (exact) mass is 226 g/mol. The molecule has 0 aromatic heterocycles. The van der Waals surface area contributed by atoms with Crippen molar-refractivity contribution in [3.05, 3.63) is 35.4 Å². The number of carbonyl (C=O) groups excluding carboxylic acids is 2. The number of aliphatic carboxylic acids is 1. The third-order valence-electron chi connectivity index (χ3n) is 2.54. The van der Waals surface area contributed by atoms with Crippen LogP contribution in [0.2, 0.25) is 0 Å². The van der Waals surface area contributed by atoms with Crippen molar-refractivity contribution in [2.75, 3.05) is 0 Å². The Morgan fingerprint density at radius 3 is 2.19 bits per heavy atom.